The molecule has 1 aliphatic heterocycles. The van der Waals surface area contributed by atoms with Crippen molar-refractivity contribution in [2.75, 3.05) is 11.9 Å². The lowest BCUT2D eigenvalue weighted by Crippen LogP contribution is -2.28. The van der Waals surface area contributed by atoms with Crippen LogP contribution in [0.2, 0.25) is 0 Å². The lowest BCUT2D eigenvalue weighted by atomic mass is 10.2. The number of amidine groups is 1. The van der Waals surface area contributed by atoms with E-state index in [1.807, 2.05) is 0 Å². The topological polar surface area (TPSA) is 101 Å². The number of furan rings is 1. The zero-order valence-corrected chi connectivity index (χ0v) is 15.2. The highest BCUT2D eigenvalue weighted by atomic mass is 32.2. The molecule has 0 fully saturated rings. The number of amides is 1. The molecule has 0 radical (unpaired) electrons. The predicted octanol–water partition coefficient (Wildman–Crippen LogP) is 2.95. The van der Waals surface area contributed by atoms with Crippen molar-refractivity contribution >= 4 is 27.5 Å². The minimum atomic E-state index is -4.61. The molecule has 7 nitrogen and oxygen atoms in total. The fourth-order valence-electron chi connectivity index (χ4n) is 2.61. The summed E-state index contributed by atoms with van der Waals surface area (Å²) in [7, 11) is -4.13. The zero-order chi connectivity index (χ0) is 20.4. The van der Waals surface area contributed by atoms with Crippen molar-refractivity contribution in [3.05, 3.63) is 47.9 Å². The van der Waals surface area contributed by atoms with Crippen molar-refractivity contribution in [2.45, 2.75) is 30.3 Å². The van der Waals surface area contributed by atoms with Gasteiger partial charge < -0.3 is 15.1 Å². The Morgan fingerprint density at radius 1 is 1.21 bits per heavy atom. The first-order valence-electron chi connectivity index (χ1n) is 8.26. The van der Waals surface area contributed by atoms with Crippen LogP contribution >= 0.6 is 0 Å². The number of sulfonamides is 1. The summed E-state index contributed by atoms with van der Waals surface area (Å²) in [5.41, 5.74) is -1.19. The molecule has 2 heterocycles. The van der Waals surface area contributed by atoms with Gasteiger partial charge in [0, 0.05) is 25.8 Å². The highest BCUT2D eigenvalue weighted by Gasteiger charge is 2.33. The second-order valence-electron chi connectivity index (χ2n) is 6.03. The van der Waals surface area contributed by atoms with E-state index in [0.29, 0.717) is 30.9 Å². The number of carbonyl (C=O) groups is 1. The summed E-state index contributed by atoms with van der Waals surface area (Å²) in [5, 5.41) is 5.22. The number of benzene rings is 1. The summed E-state index contributed by atoms with van der Waals surface area (Å²) < 4.78 is 71.6. The molecule has 0 aliphatic carbocycles. The van der Waals surface area contributed by atoms with Gasteiger partial charge in [-0.2, -0.15) is 21.6 Å². The Balaban J connectivity index is 1.61. The van der Waals surface area contributed by atoms with Crippen LogP contribution < -0.4 is 10.6 Å². The van der Waals surface area contributed by atoms with Crippen molar-refractivity contribution in [1.82, 2.24) is 5.32 Å². The third kappa shape index (κ3) is 4.71. The molecule has 0 atom stereocenters. The molecular weight excluding hydrogens is 399 g/mol. The number of alkyl halides is 3. The van der Waals surface area contributed by atoms with Crippen LogP contribution in [0.5, 0.6) is 0 Å². The van der Waals surface area contributed by atoms with Gasteiger partial charge in [0.05, 0.1) is 17.5 Å². The number of hydrogen-bond donors (Lipinski definition) is 2. The highest BCUT2D eigenvalue weighted by Crippen LogP contribution is 2.35. The van der Waals surface area contributed by atoms with Crippen LogP contribution in [0.4, 0.5) is 18.9 Å². The number of halogens is 3. The third-order valence-corrected chi connectivity index (χ3v) is 5.33. The van der Waals surface area contributed by atoms with Crippen molar-refractivity contribution in [1.29, 1.82) is 0 Å². The number of carbonyl (C=O) groups excluding carboxylic acids is 1. The molecular formula is C17H16F3N3O4S. The van der Waals surface area contributed by atoms with Gasteiger partial charge in [0.15, 0.2) is 0 Å². The Labute approximate surface area is 158 Å². The SMILES string of the molecule is O=C(CCC1=NS(=O)(=O)c2ccc(C(F)(F)F)cc2N1)NCCc1ccco1. The average Bonchev–Trinajstić information content (AvgIpc) is 3.11. The van der Waals surface area contributed by atoms with Crippen LogP contribution in [0.15, 0.2) is 50.3 Å². The molecule has 1 aliphatic rings. The average molecular weight is 415 g/mol. The quantitative estimate of drug-likeness (QED) is 0.756. The van der Waals surface area contributed by atoms with Crippen LogP contribution in [-0.2, 0) is 27.4 Å². The van der Waals surface area contributed by atoms with E-state index in [9.17, 15) is 26.4 Å². The van der Waals surface area contributed by atoms with Crippen LogP contribution in [-0.4, -0.2) is 26.7 Å². The van der Waals surface area contributed by atoms with E-state index < -0.39 is 21.8 Å². The second kappa shape index (κ2) is 7.66. The zero-order valence-electron chi connectivity index (χ0n) is 14.4. The molecule has 2 N–H and O–H groups in total. The maximum Gasteiger partial charge on any atom is 0.416 e. The molecule has 1 aromatic carbocycles. The number of nitrogens with one attached hydrogen (secondary N) is 2. The van der Waals surface area contributed by atoms with Crippen LogP contribution in [0.3, 0.4) is 0 Å². The van der Waals surface area contributed by atoms with E-state index in [0.717, 1.165) is 6.07 Å². The Hall–Kier alpha value is -2.82. The van der Waals surface area contributed by atoms with Gasteiger partial charge in [0.1, 0.15) is 16.5 Å². The Kier molecular flexibility index (Phi) is 5.45. The monoisotopic (exact) mass is 415 g/mol. The summed E-state index contributed by atoms with van der Waals surface area (Å²) in [5.74, 6) is 0.276. The normalized spacial score (nSPS) is 15.3. The fourth-order valence-corrected chi connectivity index (χ4v) is 3.76. The van der Waals surface area contributed by atoms with Crippen molar-refractivity contribution in [3.63, 3.8) is 0 Å². The second-order valence-corrected chi connectivity index (χ2v) is 7.60. The maximum absolute atomic E-state index is 12.9. The largest absolute Gasteiger partial charge is 0.469 e. The van der Waals surface area contributed by atoms with Gasteiger partial charge in [-0.3, -0.25) is 4.79 Å². The Bertz CT molecular complexity index is 999. The molecule has 150 valence electrons. The van der Waals surface area contributed by atoms with Crippen LogP contribution in [0.25, 0.3) is 0 Å². The minimum absolute atomic E-state index is 0.0680. The minimum Gasteiger partial charge on any atom is -0.469 e. The summed E-state index contributed by atoms with van der Waals surface area (Å²) in [6.45, 7) is 0.336. The van der Waals surface area contributed by atoms with Crippen molar-refractivity contribution in [2.24, 2.45) is 4.40 Å². The van der Waals surface area contributed by atoms with Gasteiger partial charge in [-0.15, -0.1) is 4.40 Å². The van der Waals surface area contributed by atoms with Crippen LogP contribution in [0.1, 0.15) is 24.2 Å². The molecule has 28 heavy (non-hydrogen) atoms. The predicted molar refractivity (Wildman–Crippen MR) is 94.3 cm³/mol. The number of fused-ring (bicyclic) bond motifs is 1. The van der Waals surface area contributed by atoms with Gasteiger partial charge in [-0.25, -0.2) is 0 Å². The van der Waals surface area contributed by atoms with Gasteiger partial charge in [-0.05, 0) is 30.3 Å². The Morgan fingerprint density at radius 3 is 2.68 bits per heavy atom. The smallest absolute Gasteiger partial charge is 0.416 e. The molecule has 0 saturated carbocycles. The van der Waals surface area contributed by atoms with E-state index in [4.69, 9.17) is 4.42 Å². The van der Waals surface area contributed by atoms with E-state index in [2.05, 4.69) is 15.0 Å². The molecule has 0 unspecified atom stereocenters. The number of nitrogens with zero attached hydrogens (tertiary/aromatic N) is 1. The number of anilines is 1. The molecule has 3 rings (SSSR count). The van der Waals surface area contributed by atoms with Gasteiger partial charge >= 0.3 is 6.18 Å². The fraction of sp³-hybridized carbons (Fsp3) is 0.294. The summed E-state index contributed by atoms with van der Waals surface area (Å²) >= 11 is 0. The first kappa shape index (κ1) is 19.9. The number of hydrogen-bond acceptors (Lipinski definition) is 5. The molecule has 0 bridgehead atoms. The summed E-state index contributed by atoms with van der Waals surface area (Å²) in [4.78, 5) is 11.5. The van der Waals surface area contributed by atoms with Crippen molar-refractivity contribution in [3.8, 4) is 0 Å². The summed E-state index contributed by atoms with van der Waals surface area (Å²) in [6, 6.07) is 5.76. The van der Waals surface area contributed by atoms with Gasteiger partial charge in [-0.1, -0.05) is 0 Å². The maximum atomic E-state index is 12.9. The number of rotatable bonds is 6. The molecule has 2 aromatic rings. The van der Waals surface area contributed by atoms with E-state index in [1.54, 1.807) is 12.1 Å². The molecule has 1 amide bonds. The Morgan fingerprint density at radius 2 is 2.00 bits per heavy atom. The summed E-state index contributed by atoms with van der Waals surface area (Å²) in [6.07, 6.45) is -2.73. The van der Waals surface area contributed by atoms with Crippen molar-refractivity contribution < 1.29 is 30.8 Å². The van der Waals surface area contributed by atoms with Crippen LogP contribution in [0, 0.1) is 0 Å². The lowest BCUT2D eigenvalue weighted by Gasteiger charge is -2.19. The molecule has 0 saturated heterocycles. The van der Waals surface area contributed by atoms with E-state index >= 15 is 0 Å². The van der Waals surface area contributed by atoms with Gasteiger partial charge in [0.2, 0.25) is 5.91 Å². The molecule has 1 aromatic heterocycles. The standard InChI is InChI=1S/C17H16F3N3O4S/c18-17(19,20)11-3-4-14-13(10-11)22-15(23-28(14,25)26)5-6-16(24)21-8-7-12-2-1-9-27-12/h1-4,9-10H,5-8H2,(H,21,24)(H,22,23). The van der Waals surface area contributed by atoms with Gasteiger partial charge in [0.25, 0.3) is 10.0 Å². The first-order chi connectivity index (χ1) is 13.1. The molecule has 11 heteroatoms. The van der Waals surface area contributed by atoms with E-state index in [1.165, 1.54) is 6.26 Å². The highest BCUT2D eigenvalue weighted by molar-refractivity contribution is 7.90. The third-order valence-electron chi connectivity index (χ3n) is 3.96. The van der Waals surface area contributed by atoms with E-state index in [-0.39, 0.29) is 35.2 Å². The molecule has 0 spiro atoms. The lowest BCUT2D eigenvalue weighted by molar-refractivity contribution is -0.137. The first-order valence-corrected chi connectivity index (χ1v) is 9.70.